The van der Waals surface area contributed by atoms with Crippen molar-refractivity contribution in [3.8, 4) is 5.75 Å². The van der Waals surface area contributed by atoms with Crippen LogP contribution in [0.3, 0.4) is 0 Å². The number of aliphatic hydroxyl groups is 1. The highest BCUT2D eigenvalue weighted by molar-refractivity contribution is 5.98. The van der Waals surface area contributed by atoms with E-state index in [1.54, 1.807) is 44.3 Å². The monoisotopic (exact) mass is 923 g/mol. The number of carboxylic acids is 2. The fourth-order valence-electron chi connectivity index (χ4n) is 6.89. The van der Waals surface area contributed by atoms with Crippen LogP contribution in [0.1, 0.15) is 70.9 Å². The first kappa shape index (κ1) is 53.3. The number of aliphatic hydroxyl groups excluding tert-OH is 1. The zero-order valence-electron chi connectivity index (χ0n) is 37.2. The molecule has 0 aliphatic carbocycles. The lowest BCUT2D eigenvalue weighted by atomic mass is 10.00. The van der Waals surface area contributed by atoms with E-state index in [4.69, 9.17) is 11.5 Å². The number of phenolic OH excluding ortho intramolecular Hbond substituents is 1. The number of benzene rings is 2. The highest BCUT2D eigenvalue weighted by atomic mass is 16.4. The van der Waals surface area contributed by atoms with E-state index in [9.17, 15) is 63.6 Å². The Morgan fingerprint density at radius 2 is 1.12 bits per heavy atom. The number of carbonyl (C=O) groups is 9. The van der Waals surface area contributed by atoms with Gasteiger partial charge in [-0.05, 0) is 60.4 Å². The number of nitrogens with two attached hydrogens (primary N) is 2. The summed E-state index contributed by atoms with van der Waals surface area (Å²) < 4.78 is 0. The van der Waals surface area contributed by atoms with Crippen LogP contribution in [-0.4, -0.2) is 128 Å². The lowest BCUT2D eigenvalue weighted by molar-refractivity contribution is -0.143. The summed E-state index contributed by atoms with van der Waals surface area (Å²) in [4.78, 5) is 120. The van der Waals surface area contributed by atoms with Crippen molar-refractivity contribution in [3.05, 3.63) is 65.9 Å². The molecule has 0 saturated carbocycles. The van der Waals surface area contributed by atoms with Crippen LogP contribution in [-0.2, 0) is 56.0 Å². The Bertz CT molecular complexity index is 2190. The third-order valence-corrected chi connectivity index (χ3v) is 10.3. The Balaban J connectivity index is 1.94. The Kier molecular flexibility index (Phi) is 20.5. The first-order chi connectivity index (χ1) is 31.1. The maximum atomic E-state index is 14.2. The number of aromatic amines is 1. The Morgan fingerprint density at radius 1 is 0.621 bits per heavy atom. The predicted octanol–water partition coefficient (Wildman–Crippen LogP) is -1.20. The fraction of sp³-hybridized carbons (Fsp3) is 0.477. The minimum absolute atomic E-state index is 0.0126. The molecule has 7 atom stereocenters. The van der Waals surface area contributed by atoms with Gasteiger partial charge < -0.3 is 68.8 Å². The normalized spacial score (nSPS) is 14.4. The van der Waals surface area contributed by atoms with Gasteiger partial charge in [0.15, 0.2) is 0 Å². The quantitative estimate of drug-likeness (QED) is 0.0428. The number of aromatic hydroxyl groups is 1. The molecule has 1 heterocycles. The van der Waals surface area contributed by atoms with Crippen molar-refractivity contribution in [1.82, 2.24) is 36.9 Å². The molecule has 0 saturated heterocycles. The van der Waals surface area contributed by atoms with Crippen molar-refractivity contribution in [3.63, 3.8) is 0 Å². The van der Waals surface area contributed by atoms with Gasteiger partial charge >= 0.3 is 11.9 Å². The summed E-state index contributed by atoms with van der Waals surface area (Å²) >= 11 is 0. The van der Waals surface area contributed by atoms with Crippen molar-refractivity contribution in [2.24, 2.45) is 23.3 Å². The zero-order chi connectivity index (χ0) is 49.2. The standard InChI is InChI=1S/C44H61N9O13/c1-22(2)15-28(45)38(59)49-34(19-37(57)58)42(63)51-32(17-24-9-11-26(55)12-10-24)40(61)53-35(21-54)43(64)52-33(18-25-20-47-29-8-6-5-7-27(25)29)41(62)50-31(16-23(3)4)39(60)48-30(44(65)66)13-14-36(46)56/h5-12,20,22-23,28,30-35,47,54-55H,13-19,21,45H2,1-4H3,(H2,46,56)(H,48,60)(H,49,59)(H,50,62)(H,51,63)(H,52,64)(H,53,61)(H,57,58)(H,65,66). The van der Waals surface area contributed by atoms with Crippen LogP contribution < -0.4 is 43.4 Å². The van der Waals surface area contributed by atoms with Crippen molar-refractivity contribution < 1.29 is 63.6 Å². The number of aromatic nitrogens is 1. The molecule has 15 N–H and O–H groups in total. The van der Waals surface area contributed by atoms with E-state index in [2.05, 4.69) is 36.9 Å². The van der Waals surface area contributed by atoms with Crippen LogP contribution in [0.2, 0.25) is 0 Å². The largest absolute Gasteiger partial charge is 0.508 e. The van der Waals surface area contributed by atoms with Crippen LogP contribution >= 0.6 is 0 Å². The second-order valence-corrected chi connectivity index (χ2v) is 16.8. The molecule has 0 bridgehead atoms. The van der Waals surface area contributed by atoms with E-state index in [1.165, 1.54) is 24.3 Å². The van der Waals surface area contributed by atoms with Crippen molar-refractivity contribution in [1.29, 1.82) is 0 Å². The predicted molar refractivity (Wildman–Crippen MR) is 238 cm³/mol. The maximum absolute atomic E-state index is 14.2. The van der Waals surface area contributed by atoms with Crippen LogP contribution in [0.5, 0.6) is 5.75 Å². The average molecular weight is 924 g/mol. The van der Waals surface area contributed by atoms with Gasteiger partial charge in [0, 0.05) is 36.4 Å². The SMILES string of the molecule is CC(C)CC(N)C(=O)NC(CC(=O)O)C(=O)NC(Cc1ccc(O)cc1)C(=O)NC(CO)C(=O)NC(Cc1c[nH]c2ccccc12)C(=O)NC(CC(C)C)C(=O)NC(CCC(N)=O)C(=O)O. The number of rotatable bonds is 27. The van der Waals surface area contributed by atoms with Crippen LogP contribution in [0, 0.1) is 11.8 Å². The number of fused-ring (bicyclic) bond motifs is 1. The first-order valence-electron chi connectivity index (χ1n) is 21.3. The molecule has 0 aliphatic heterocycles. The smallest absolute Gasteiger partial charge is 0.326 e. The molecule has 0 radical (unpaired) electrons. The van der Waals surface area contributed by atoms with E-state index >= 15 is 0 Å². The summed E-state index contributed by atoms with van der Waals surface area (Å²) in [6.45, 7) is 6.07. The number of aliphatic carboxylic acids is 2. The highest BCUT2D eigenvalue weighted by Gasteiger charge is 2.35. The van der Waals surface area contributed by atoms with Gasteiger partial charge in [-0.15, -0.1) is 0 Å². The number of H-pyrrole nitrogens is 1. The molecule has 22 nitrogen and oxygen atoms in total. The number of amides is 7. The number of phenols is 1. The summed E-state index contributed by atoms with van der Waals surface area (Å²) in [6, 6.07) is 2.03. The van der Waals surface area contributed by atoms with Crippen LogP contribution in [0.25, 0.3) is 10.9 Å². The summed E-state index contributed by atoms with van der Waals surface area (Å²) in [5, 5.41) is 54.8. The fourth-order valence-corrected chi connectivity index (χ4v) is 6.89. The molecular formula is C44H61N9O13. The van der Waals surface area contributed by atoms with Gasteiger partial charge in [0.05, 0.1) is 19.1 Å². The van der Waals surface area contributed by atoms with E-state index < -0.39 is 109 Å². The second-order valence-electron chi connectivity index (χ2n) is 16.8. The summed E-state index contributed by atoms with van der Waals surface area (Å²) in [6.07, 6.45) is -0.222. The average Bonchev–Trinajstić information content (AvgIpc) is 3.65. The van der Waals surface area contributed by atoms with Crippen molar-refractivity contribution in [2.75, 3.05) is 6.61 Å². The van der Waals surface area contributed by atoms with Gasteiger partial charge in [-0.3, -0.25) is 38.4 Å². The lowest BCUT2D eigenvalue weighted by Crippen LogP contribution is -2.61. The number of hydrogen-bond acceptors (Lipinski definition) is 12. The molecule has 3 aromatic rings. The molecule has 360 valence electrons. The highest BCUT2D eigenvalue weighted by Crippen LogP contribution is 2.20. The van der Waals surface area contributed by atoms with Gasteiger partial charge in [-0.2, -0.15) is 0 Å². The van der Waals surface area contributed by atoms with Crippen molar-refractivity contribution >= 4 is 64.2 Å². The van der Waals surface area contributed by atoms with Crippen LogP contribution in [0.4, 0.5) is 0 Å². The summed E-state index contributed by atoms with van der Waals surface area (Å²) in [5.74, 6) is -9.89. The number of carbonyl (C=O) groups excluding carboxylic acids is 7. The zero-order valence-corrected chi connectivity index (χ0v) is 37.2. The van der Waals surface area contributed by atoms with Crippen molar-refractivity contribution in [2.45, 2.75) is 115 Å². The number of carboxylic acid groups (broad SMARTS) is 2. The Labute approximate surface area is 380 Å². The van der Waals surface area contributed by atoms with E-state index in [0.717, 1.165) is 0 Å². The van der Waals surface area contributed by atoms with Gasteiger partial charge in [0.2, 0.25) is 41.4 Å². The maximum Gasteiger partial charge on any atom is 0.326 e. The molecule has 2 aromatic carbocycles. The molecule has 7 unspecified atom stereocenters. The summed E-state index contributed by atoms with van der Waals surface area (Å²) in [7, 11) is 0. The molecular weight excluding hydrogens is 863 g/mol. The minimum atomic E-state index is -1.78. The minimum Gasteiger partial charge on any atom is -0.508 e. The molecule has 7 amide bonds. The lowest BCUT2D eigenvalue weighted by Gasteiger charge is -2.27. The van der Waals surface area contributed by atoms with Crippen LogP contribution in [0.15, 0.2) is 54.7 Å². The van der Waals surface area contributed by atoms with E-state index in [-0.39, 0.29) is 56.1 Å². The van der Waals surface area contributed by atoms with Gasteiger partial charge in [-0.25, -0.2) is 4.79 Å². The van der Waals surface area contributed by atoms with Gasteiger partial charge in [-0.1, -0.05) is 58.0 Å². The molecule has 0 fully saturated rings. The summed E-state index contributed by atoms with van der Waals surface area (Å²) in [5.41, 5.74) is 12.8. The van der Waals surface area contributed by atoms with E-state index in [0.29, 0.717) is 22.0 Å². The second kappa shape index (κ2) is 25.4. The molecule has 0 spiro atoms. The number of hydrogen-bond donors (Lipinski definition) is 13. The number of para-hydroxylation sites is 1. The number of nitrogens with one attached hydrogen (secondary N) is 7. The molecule has 3 rings (SSSR count). The third-order valence-electron chi connectivity index (χ3n) is 10.3. The number of primary amides is 1. The Hall–Kier alpha value is -7.07. The molecule has 1 aromatic heterocycles. The van der Waals surface area contributed by atoms with E-state index in [1.807, 2.05) is 13.8 Å². The Morgan fingerprint density at radius 3 is 1.68 bits per heavy atom. The molecule has 0 aliphatic rings. The van der Waals surface area contributed by atoms with Gasteiger partial charge in [0.1, 0.15) is 42.0 Å². The topological polar surface area (TPSA) is 375 Å². The van der Waals surface area contributed by atoms with Gasteiger partial charge in [0.25, 0.3) is 0 Å². The first-order valence-corrected chi connectivity index (χ1v) is 21.3. The molecule has 22 heteroatoms. The third kappa shape index (κ3) is 17.1. The molecule has 66 heavy (non-hydrogen) atoms.